The van der Waals surface area contributed by atoms with Crippen LogP contribution in [0.5, 0.6) is 0 Å². The van der Waals surface area contributed by atoms with Crippen LogP contribution in [0.15, 0.2) is 6.07 Å². The van der Waals surface area contributed by atoms with Crippen LogP contribution in [0, 0.1) is 19.8 Å². The van der Waals surface area contributed by atoms with Crippen molar-refractivity contribution in [1.29, 1.82) is 0 Å². The molecule has 1 unspecified atom stereocenters. The van der Waals surface area contributed by atoms with Gasteiger partial charge in [0.05, 0.1) is 5.69 Å². The minimum absolute atomic E-state index is 0.0534. The van der Waals surface area contributed by atoms with Crippen LogP contribution >= 0.6 is 0 Å². The van der Waals surface area contributed by atoms with Gasteiger partial charge in [0.25, 0.3) is 0 Å². The van der Waals surface area contributed by atoms with Gasteiger partial charge in [0.15, 0.2) is 0 Å². The van der Waals surface area contributed by atoms with Gasteiger partial charge >= 0.3 is 5.97 Å². The molecule has 6 nitrogen and oxygen atoms in total. The van der Waals surface area contributed by atoms with Gasteiger partial charge in [-0.2, -0.15) is 5.10 Å². The molecule has 0 aromatic carbocycles. The standard InChI is InChI=1S/C14H21N3O3/c1-9-8-10(2)17(16-9)7-6-12(18)15-14(3,13(19)20)11-4-5-11/h8,11H,4-7H2,1-3H3,(H,15,18)(H,19,20). The molecule has 1 atom stereocenters. The third-order valence-corrected chi connectivity index (χ3v) is 3.89. The van der Waals surface area contributed by atoms with E-state index in [1.54, 1.807) is 11.6 Å². The van der Waals surface area contributed by atoms with E-state index in [0.717, 1.165) is 24.2 Å². The molecule has 1 fully saturated rings. The molecule has 0 radical (unpaired) electrons. The van der Waals surface area contributed by atoms with E-state index >= 15 is 0 Å². The van der Waals surface area contributed by atoms with Crippen LogP contribution in [0.3, 0.4) is 0 Å². The minimum Gasteiger partial charge on any atom is -0.480 e. The third-order valence-electron chi connectivity index (χ3n) is 3.89. The molecule has 1 saturated carbocycles. The van der Waals surface area contributed by atoms with Crippen LogP contribution in [-0.4, -0.2) is 32.3 Å². The topological polar surface area (TPSA) is 84.2 Å². The fourth-order valence-corrected chi connectivity index (χ4v) is 2.45. The zero-order valence-corrected chi connectivity index (χ0v) is 12.1. The molecule has 1 heterocycles. The monoisotopic (exact) mass is 279 g/mol. The van der Waals surface area contributed by atoms with Gasteiger partial charge in [-0.3, -0.25) is 9.48 Å². The summed E-state index contributed by atoms with van der Waals surface area (Å²) in [5, 5.41) is 16.2. The lowest BCUT2D eigenvalue weighted by Crippen LogP contribution is -2.54. The van der Waals surface area contributed by atoms with Crippen LogP contribution < -0.4 is 5.32 Å². The first-order chi connectivity index (χ1) is 9.33. The first kappa shape index (κ1) is 14.6. The quantitative estimate of drug-likeness (QED) is 0.821. The highest BCUT2D eigenvalue weighted by Gasteiger charge is 2.48. The second kappa shape index (κ2) is 5.26. The summed E-state index contributed by atoms with van der Waals surface area (Å²) in [6, 6.07) is 1.95. The maximum atomic E-state index is 12.0. The van der Waals surface area contributed by atoms with Gasteiger partial charge in [-0.15, -0.1) is 0 Å². The Hall–Kier alpha value is -1.85. The van der Waals surface area contributed by atoms with Crippen molar-refractivity contribution in [2.45, 2.75) is 52.1 Å². The second-order valence-electron chi connectivity index (χ2n) is 5.73. The number of nitrogens with zero attached hydrogens (tertiary/aromatic N) is 2. The van der Waals surface area contributed by atoms with Crippen LogP contribution in [0.1, 0.15) is 37.6 Å². The Kier molecular flexibility index (Phi) is 3.83. The molecule has 1 aliphatic rings. The van der Waals surface area contributed by atoms with E-state index in [-0.39, 0.29) is 18.2 Å². The fraction of sp³-hybridized carbons (Fsp3) is 0.643. The minimum atomic E-state index is -1.13. The molecule has 110 valence electrons. The molecule has 0 aliphatic heterocycles. The van der Waals surface area contributed by atoms with Crippen molar-refractivity contribution in [3.05, 3.63) is 17.5 Å². The summed E-state index contributed by atoms with van der Waals surface area (Å²) in [6.45, 7) is 5.89. The van der Waals surface area contributed by atoms with Crippen LogP contribution in [0.4, 0.5) is 0 Å². The molecule has 2 rings (SSSR count). The van der Waals surface area contributed by atoms with E-state index in [4.69, 9.17) is 0 Å². The lowest BCUT2D eigenvalue weighted by atomic mass is 9.96. The number of aliphatic carboxylic acids is 1. The maximum absolute atomic E-state index is 12.0. The highest BCUT2D eigenvalue weighted by Crippen LogP contribution is 2.39. The van der Waals surface area contributed by atoms with Gasteiger partial charge in [-0.25, -0.2) is 4.79 Å². The summed E-state index contributed by atoms with van der Waals surface area (Å²) in [6.07, 6.45) is 1.96. The van der Waals surface area contributed by atoms with Crippen LogP contribution in [0.25, 0.3) is 0 Å². The van der Waals surface area contributed by atoms with Gasteiger partial charge in [0.1, 0.15) is 5.54 Å². The SMILES string of the molecule is Cc1cc(C)n(CCC(=O)NC(C)(C(=O)O)C2CC2)n1. The number of carbonyl (C=O) groups is 2. The van der Waals surface area contributed by atoms with E-state index in [0.29, 0.717) is 6.54 Å². The number of carboxylic acid groups (broad SMARTS) is 1. The molecule has 6 heteroatoms. The lowest BCUT2D eigenvalue weighted by Gasteiger charge is -2.26. The molecule has 0 spiro atoms. The first-order valence-electron chi connectivity index (χ1n) is 6.88. The molecule has 1 aromatic rings. The van der Waals surface area contributed by atoms with Gasteiger partial charge in [0, 0.05) is 18.7 Å². The lowest BCUT2D eigenvalue weighted by molar-refractivity contribution is -0.148. The maximum Gasteiger partial charge on any atom is 0.329 e. The number of aryl methyl sites for hydroxylation is 3. The van der Waals surface area contributed by atoms with Crippen LogP contribution in [-0.2, 0) is 16.1 Å². The van der Waals surface area contributed by atoms with Crippen molar-refractivity contribution < 1.29 is 14.7 Å². The predicted octanol–water partition coefficient (Wildman–Crippen LogP) is 1.26. The molecule has 20 heavy (non-hydrogen) atoms. The fourth-order valence-electron chi connectivity index (χ4n) is 2.45. The summed E-state index contributed by atoms with van der Waals surface area (Å²) in [7, 11) is 0. The van der Waals surface area contributed by atoms with E-state index in [2.05, 4.69) is 10.4 Å². The number of nitrogens with one attached hydrogen (secondary N) is 1. The Labute approximate surface area is 118 Å². The molecule has 1 amide bonds. The molecular weight excluding hydrogens is 258 g/mol. The molecule has 0 bridgehead atoms. The number of carbonyl (C=O) groups excluding carboxylic acids is 1. The van der Waals surface area contributed by atoms with Crippen molar-refractivity contribution in [3.63, 3.8) is 0 Å². The van der Waals surface area contributed by atoms with Crippen molar-refractivity contribution in [1.82, 2.24) is 15.1 Å². The number of rotatable bonds is 6. The Bertz CT molecular complexity index is 534. The van der Waals surface area contributed by atoms with Gasteiger partial charge < -0.3 is 10.4 Å². The Morgan fingerprint density at radius 3 is 2.60 bits per heavy atom. The van der Waals surface area contributed by atoms with Gasteiger partial charge in [-0.05, 0) is 45.6 Å². The zero-order valence-electron chi connectivity index (χ0n) is 12.1. The van der Waals surface area contributed by atoms with Crippen molar-refractivity contribution in [2.75, 3.05) is 0 Å². The number of carboxylic acids is 1. The van der Waals surface area contributed by atoms with Crippen molar-refractivity contribution >= 4 is 11.9 Å². The Morgan fingerprint density at radius 1 is 1.50 bits per heavy atom. The van der Waals surface area contributed by atoms with Gasteiger partial charge in [-0.1, -0.05) is 0 Å². The molecule has 2 N–H and O–H groups in total. The normalized spacial score (nSPS) is 17.6. The third kappa shape index (κ3) is 3.00. The van der Waals surface area contributed by atoms with Gasteiger partial charge in [0.2, 0.25) is 5.91 Å². The van der Waals surface area contributed by atoms with E-state index in [1.807, 2.05) is 19.9 Å². The van der Waals surface area contributed by atoms with E-state index in [1.165, 1.54) is 0 Å². The van der Waals surface area contributed by atoms with E-state index in [9.17, 15) is 14.7 Å². The second-order valence-corrected chi connectivity index (χ2v) is 5.73. The van der Waals surface area contributed by atoms with Crippen LogP contribution in [0.2, 0.25) is 0 Å². The molecule has 1 aliphatic carbocycles. The summed E-state index contributed by atoms with van der Waals surface area (Å²) in [5.41, 5.74) is 0.779. The average Bonchev–Trinajstić information content (AvgIpc) is 3.13. The summed E-state index contributed by atoms with van der Waals surface area (Å²) < 4.78 is 1.77. The number of amides is 1. The summed E-state index contributed by atoms with van der Waals surface area (Å²) >= 11 is 0. The Balaban J connectivity index is 1.92. The van der Waals surface area contributed by atoms with E-state index < -0.39 is 11.5 Å². The highest BCUT2D eigenvalue weighted by atomic mass is 16.4. The number of hydrogen-bond donors (Lipinski definition) is 2. The number of aromatic nitrogens is 2. The van der Waals surface area contributed by atoms with Crippen molar-refractivity contribution in [3.8, 4) is 0 Å². The average molecular weight is 279 g/mol. The Morgan fingerprint density at radius 2 is 2.15 bits per heavy atom. The largest absolute Gasteiger partial charge is 0.480 e. The molecular formula is C14H21N3O3. The summed E-state index contributed by atoms with van der Waals surface area (Å²) in [5.74, 6) is -1.15. The molecule has 1 aromatic heterocycles. The number of hydrogen-bond acceptors (Lipinski definition) is 3. The predicted molar refractivity (Wildman–Crippen MR) is 73.2 cm³/mol. The van der Waals surface area contributed by atoms with Crippen molar-refractivity contribution in [2.24, 2.45) is 5.92 Å². The first-order valence-corrected chi connectivity index (χ1v) is 6.88. The zero-order chi connectivity index (χ0) is 14.9. The summed E-state index contributed by atoms with van der Waals surface area (Å²) in [4.78, 5) is 23.3. The smallest absolute Gasteiger partial charge is 0.329 e. The molecule has 0 saturated heterocycles. The highest BCUT2D eigenvalue weighted by molar-refractivity contribution is 5.87.